The predicted octanol–water partition coefficient (Wildman–Crippen LogP) is 3.08. The van der Waals surface area contributed by atoms with Crippen LogP contribution in [0.25, 0.3) is 0 Å². The largest absolute Gasteiger partial charge is 0.313 e. The van der Waals surface area contributed by atoms with Crippen LogP contribution in [0.4, 0.5) is 0 Å². The van der Waals surface area contributed by atoms with Crippen LogP contribution in [0.3, 0.4) is 0 Å². The molecule has 6 nitrogen and oxygen atoms in total. The fraction of sp³-hybridized carbons (Fsp3) is 0.833. The van der Waals surface area contributed by atoms with E-state index < -0.39 is 11.1 Å². The van der Waals surface area contributed by atoms with Crippen molar-refractivity contribution >= 4 is 29.3 Å². The molecule has 142 valence electrons. The summed E-state index contributed by atoms with van der Waals surface area (Å²) in [5, 5.41) is 18.9. The van der Waals surface area contributed by atoms with Crippen molar-refractivity contribution in [1.29, 1.82) is 5.41 Å². The number of hydroxylamine groups is 2. The van der Waals surface area contributed by atoms with Crippen molar-refractivity contribution in [3.8, 4) is 0 Å². The van der Waals surface area contributed by atoms with Crippen LogP contribution in [-0.2, 0) is 9.59 Å². The van der Waals surface area contributed by atoms with E-state index in [0.29, 0.717) is 18.6 Å². The highest BCUT2D eigenvalue weighted by molar-refractivity contribution is 8.00. The molecule has 0 saturated carbocycles. The van der Waals surface area contributed by atoms with Crippen LogP contribution in [0.2, 0.25) is 0 Å². The number of nitrogens with zero attached hydrogens (tertiary/aromatic N) is 2. The lowest BCUT2D eigenvalue weighted by Crippen LogP contribution is -2.63. The Morgan fingerprint density at radius 2 is 1.80 bits per heavy atom. The first-order chi connectivity index (χ1) is 11.5. The molecule has 25 heavy (non-hydrogen) atoms. The lowest BCUT2D eigenvalue weighted by atomic mass is 9.78. The Morgan fingerprint density at radius 1 is 1.24 bits per heavy atom. The van der Waals surface area contributed by atoms with Crippen LogP contribution in [0.1, 0.15) is 66.7 Å². The van der Waals surface area contributed by atoms with E-state index in [9.17, 15) is 14.8 Å². The standard InChI is InChI=1S/C18H31N3O3S/c1-12(19)7-6-8-25-14-9-15(22)20(16(14)23)13-10-17(2,3)21(24)18(4,5)11-13/h13-14,19,24H,6-11H2,1-5H3. The van der Waals surface area contributed by atoms with Gasteiger partial charge in [-0.3, -0.25) is 14.5 Å². The van der Waals surface area contributed by atoms with Crippen LogP contribution in [0.5, 0.6) is 0 Å². The second-order valence-electron chi connectivity index (χ2n) is 8.55. The zero-order valence-corrected chi connectivity index (χ0v) is 16.8. The van der Waals surface area contributed by atoms with Crippen molar-refractivity contribution in [3.63, 3.8) is 0 Å². The Kier molecular flexibility index (Phi) is 6.01. The van der Waals surface area contributed by atoms with Crippen molar-refractivity contribution in [3.05, 3.63) is 0 Å². The molecule has 2 N–H and O–H groups in total. The summed E-state index contributed by atoms with van der Waals surface area (Å²) < 4.78 is 0. The number of nitrogens with one attached hydrogen (secondary N) is 1. The van der Waals surface area contributed by atoms with E-state index >= 15 is 0 Å². The van der Waals surface area contributed by atoms with Crippen molar-refractivity contribution in [2.45, 2.75) is 89.1 Å². The van der Waals surface area contributed by atoms with E-state index in [1.54, 1.807) is 6.92 Å². The van der Waals surface area contributed by atoms with Gasteiger partial charge in [-0.25, -0.2) is 0 Å². The monoisotopic (exact) mass is 369 g/mol. The summed E-state index contributed by atoms with van der Waals surface area (Å²) in [5.74, 6) is 0.623. The Hall–Kier alpha value is -0.920. The molecule has 7 heteroatoms. The molecule has 0 spiro atoms. The Labute approximate surface area is 154 Å². The first kappa shape index (κ1) is 20.4. The number of rotatable bonds is 6. The number of carbonyl (C=O) groups excluding carboxylic acids is 2. The second kappa shape index (κ2) is 7.37. The third-order valence-electron chi connectivity index (χ3n) is 5.14. The van der Waals surface area contributed by atoms with E-state index in [0.717, 1.165) is 18.6 Å². The average molecular weight is 370 g/mol. The van der Waals surface area contributed by atoms with Gasteiger partial charge in [-0.05, 0) is 66.1 Å². The first-order valence-electron chi connectivity index (χ1n) is 8.96. The molecule has 2 saturated heterocycles. The van der Waals surface area contributed by atoms with Crippen LogP contribution >= 0.6 is 11.8 Å². The molecule has 0 aliphatic carbocycles. The van der Waals surface area contributed by atoms with Gasteiger partial charge in [-0.15, -0.1) is 11.8 Å². The third-order valence-corrected chi connectivity index (χ3v) is 6.43. The van der Waals surface area contributed by atoms with E-state index in [4.69, 9.17) is 5.41 Å². The fourth-order valence-electron chi connectivity index (χ4n) is 4.10. The zero-order valence-electron chi connectivity index (χ0n) is 16.0. The number of imide groups is 1. The van der Waals surface area contributed by atoms with Crippen LogP contribution in [0.15, 0.2) is 0 Å². The molecule has 2 aliphatic heterocycles. The second-order valence-corrected chi connectivity index (χ2v) is 9.86. The molecule has 2 fully saturated rings. The molecule has 1 atom stereocenters. The number of amides is 2. The topological polar surface area (TPSA) is 84.7 Å². The highest BCUT2D eigenvalue weighted by Crippen LogP contribution is 2.41. The molecule has 2 heterocycles. The molecule has 0 aromatic heterocycles. The number of hydrogen-bond donors (Lipinski definition) is 2. The molecule has 0 aromatic rings. The van der Waals surface area contributed by atoms with Crippen molar-refractivity contribution < 1.29 is 14.8 Å². The maximum absolute atomic E-state index is 12.8. The van der Waals surface area contributed by atoms with E-state index in [1.165, 1.54) is 21.7 Å². The van der Waals surface area contributed by atoms with Gasteiger partial charge in [0.05, 0.1) is 5.25 Å². The highest BCUT2D eigenvalue weighted by atomic mass is 32.2. The fourth-order valence-corrected chi connectivity index (χ4v) is 5.21. The summed E-state index contributed by atoms with van der Waals surface area (Å²) in [7, 11) is 0. The van der Waals surface area contributed by atoms with Crippen molar-refractivity contribution in [2.75, 3.05) is 5.75 Å². The van der Waals surface area contributed by atoms with Gasteiger partial charge in [0.25, 0.3) is 0 Å². The Balaban J connectivity index is 2.03. The summed E-state index contributed by atoms with van der Waals surface area (Å²) in [4.78, 5) is 26.8. The van der Waals surface area contributed by atoms with Gasteiger partial charge in [0.2, 0.25) is 11.8 Å². The van der Waals surface area contributed by atoms with E-state index in [1.807, 2.05) is 27.7 Å². The van der Waals surface area contributed by atoms with Gasteiger partial charge in [0.15, 0.2) is 0 Å². The maximum Gasteiger partial charge on any atom is 0.243 e. The number of likely N-dealkylation sites (tertiary alicyclic amines) is 1. The quantitative estimate of drug-likeness (QED) is 0.427. The molecule has 2 aliphatic rings. The SMILES string of the molecule is CC(=N)CCCSC1CC(=O)N(C2CC(C)(C)N(O)C(C)(C)C2)C1=O. The minimum atomic E-state index is -0.486. The number of piperidine rings is 1. The first-order valence-corrected chi connectivity index (χ1v) is 10.0. The molecular formula is C18H31N3O3S. The third kappa shape index (κ3) is 4.44. The van der Waals surface area contributed by atoms with Crippen LogP contribution in [0, 0.1) is 5.41 Å². The van der Waals surface area contributed by atoms with Gasteiger partial charge >= 0.3 is 0 Å². The smallest absolute Gasteiger partial charge is 0.243 e. The van der Waals surface area contributed by atoms with Gasteiger partial charge in [0.1, 0.15) is 0 Å². The summed E-state index contributed by atoms with van der Waals surface area (Å²) in [5.41, 5.74) is -0.323. The Bertz CT molecular complexity index is 544. The predicted molar refractivity (Wildman–Crippen MR) is 100 cm³/mol. The van der Waals surface area contributed by atoms with Crippen molar-refractivity contribution in [1.82, 2.24) is 9.96 Å². The minimum absolute atomic E-state index is 0.0791. The summed E-state index contributed by atoms with van der Waals surface area (Å²) in [6.45, 7) is 9.55. The molecule has 0 radical (unpaired) electrons. The van der Waals surface area contributed by atoms with Gasteiger partial charge < -0.3 is 10.6 Å². The molecule has 1 unspecified atom stereocenters. The normalized spacial score (nSPS) is 27.1. The molecule has 2 rings (SSSR count). The van der Waals surface area contributed by atoms with Crippen LogP contribution in [-0.4, -0.2) is 60.8 Å². The molecule has 0 aromatic carbocycles. The van der Waals surface area contributed by atoms with Gasteiger partial charge in [-0.2, -0.15) is 5.06 Å². The zero-order chi connectivity index (χ0) is 19.0. The number of hydrogen-bond acceptors (Lipinski definition) is 6. The summed E-state index contributed by atoms with van der Waals surface area (Å²) in [6, 6.07) is -0.164. The van der Waals surface area contributed by atoms with Crippen LogP contribution < -0.4 is 0 Å². The molecule has 2 amide bonds. The molecule has 0 bridgehead atoms. The lowest BCUT2D eigenvalue weighted by Gasteiger charge is -2.52. The average Bonchev–Trinajstić information content (AvgIpc) is 2.74. The Morgan fingerprint density at radius 3 is 2.32 bits per heavy atom. The number of thioether (sulfide) groups is 1. The maximum atomic E-state index is 12.8. The summed E-state index contributed by atoms with van der Waals surface area (Å²) >= 11 is 1.54. The van der Waals surface area contributed by atoms with Gasteiger partial charge in [0, 0.05) is 29.3 Å². The van der Waals surface area contributed by atoms with E-state index in [2.05, 4.69) is 0 Å². The van der Waals surface area contributed by atoms with Crippen molar-refractivity contribution in [2.24, 2.45) is 0 Å². The minimum Gasteiger partial charge on any atom is -0.313 e. The number of carbonyl (C=O) groups is 2. The molecular weight excluding hydrogens is 338 g/mol. The summed E-state index contributed by atoms with van der Waals surface area (Å²) in [6.07, 6.45) is 3.03. The van der Waals surface area contributed by atoms with Gasteiger partial charge in [-0.1, -0.05) is 0 Å². The van der Waals surface area contributed by atoms with E-state index in [-0.39, 0.29) is 29.5 Å². The lowest BCUT2D eigenvalue weighted by molar-refractivity contribution is -0.250. The highest BCUT2D eigenvalue weighted by Gasteiger charge is 2.51.